The molecule has 1 aromatic rings. The zero-order valence-electron chi connectivity index (χ0n) is 10.5. The van der Waals surface area contributed by atoms with Crippen LogP contribution in [0.15, 0.2) is 22.7 Å². The van der Waals surface area contributed by atoms with Gasteiger partial charge in [0.25, 0.3) is 0 Å². The standard InChI is InChI=1S/C13H16BrF4N/c1-9(3-2-6-13(16,17)18)19-8-10-7-11(15)4-5-12(10)14/h4-5,7,9,19H,2-3,6,8H2,1H3. The maximum Gasteiger partial charge on any atom is 0.389 e. The van der Waals surface area contributed by atoms with E-state index in [9.17, 15) is 17.6 Å². The zero-order valence-corrected chi connectivity index (χ0v) is 12.1. The summed E-state index contributed by atoms with van der Waals surface area (Å²) < 4.78 is 49.8. The number of alkyl halides is 3. The number of nitrogens with one attached hydrogen (secondary N) is 1. The minimum atomic E-state index is -4.09. The van der Waals surface area contributed by atoms with Crippen LogP contribution in [0.2, 0.25) is 0 Å². The Morgan fingerprint density at radius 2 is 2.00 bits per heavy atom. The molecule has 0 fully saturated rings. The molecule has 0 saturated heterocycles. The predicted molar refractivity (Wildman–Crippen MR) is 70.3 cm³/mol. The molecule has 1 aromatic carbocycles. The molecule has 0 aliphatic carbocycles. The minimum absolute atomic E-state index is 0.0440. The molecule has 0 aliphatic rings. The fraction of sp³-hybridized carbons (Fsp3) is 0.538. The lowest BCUT2D eigenvalue weighted by molar-refractivity contribution is -0.135. The number of benzene rings is 1. The Hall–Kier alpha value is -0.620. The van der Waals surface area contributed by atoms with Crippen LogP contribution in [0.25, 0.3) is 0 Å². The van der Waals surface area contributed by atoms with Crippen LogP contribution in [0, 0.1) is 5.82 Å². The topological polar surface area (TPSA) is 12.0 Å². The average Bonchev–Trinajstić information content (AvgIpc) is 2.28. The Morgan fingerprint density at radius 3 is 2.63 bits per heavy atom. The number of rotatable bonds is 6. The van der Waals surface area contributed by atoms with E-state index in [2.05, 4.69) is 21.2 Å². The molecule has 0 amide bonds. The van der Waals surface area contributed by atoms with E-state index in [1.54, 1.807) is 6.07 Å². The van der Waals surface area contributed by atoms with Gasteiger partial charge in [0.1, 0.15) is 5.82 Å². The van der Waals surface area contributed by atoms with Gasteiger partial charge in [-0.15, -0.1) is 0 Å². The van der Waals surface area contributed by atoms with Crippen molar-refractivity contribution in [3.05, 3.63) is 34.1 Å². The first-order valence-electron chi connectivity index (χ1n) is 6.02. The molecule has 1 rings (SSSR count). The summed E-state index contributed by atoms with van der Waals surface area (Å²) in [6.07, 6.45) is -4.32. The van der Waals surface area contributed by atoms with Gasteiger partial charge in [-0.3, -0.25) is 0 Å². The van der Waals surface area contributed by atoms with Crippen molar-refractivity contribution in [1.82, 2.24) is 5.32 Å². The largest absolute Gasteiger partial charge is 0.389 e. The fourth-order valence-electron chi connectivity index (χ4n) is 1.67. The van der Waals surface area contributed by atoms with Crippen LogP contribution in [-0.2, 0) is 6.54 Å². The summed E-state index contributed by atoms with van der Waals surface area (Å²) in [7, 11) is 0. The van der Waals surface area contributed by atoms with Crippen LogP contribution >= 0.6 is 15.9 Å². The molecule has 0 saturated carbocycles. The first-order chi connectivity index (χ1) is 8.78. The highest BCUT2D eigenvalue weighted by Gasteiger charge is 2.26. The maximum atomic E-state index is 13.0. The Labute approximate surface area is 118 Å². The Morgan fingerprint density at radius 1 is 1.32 bits per heavy atom. The summed E-state index contributed by atoms with van der Waals surface area (Å²) >= 11 is 3.30. The zero-order chi connectivity index (χ0) is 14.5. The van der Waals surface area contributed by atoms with Gasteiger partial charge in [0.2, 0.25) is 0 Å². The van der Waals surface area contributed by atoms with Crippen LogP contribution in [0.5, 0.6) is 0 Å². The van der Waals surface area contributed by atoms with Crippen LogP contribution in [0.1, 0.15) is 31.7 Å². The molecule has 6 heteroatoms. The third-order valence-electron chi connectivity index (χ3n) is 2.75. The van der Waals surface area contributed by atoms with Gasteiger partial charge in [-0.05, 0) is 43.5 Å². The molecular formula is C13H16BrF4N. The van der Waals surface area contributed by atoms with Gasteiger partial charge in [-0.25, -0.2) is 4.39 Å². The normalized spacial score (nSPS) is 13.6. The first-order valence-corrected chi connectivity index (χ1v) is 6.81. The van der Waals surface area contributed by atoms with Crippen LogP contribution in [0.4, 0.5) is 17.6 Å². The summed E-state index contributed by atoms with van der Waals surface area (Å²) in [5.74, 6) is -0.329. The second-order valence-corrected chi connectivity index (χ2v) is 5.38. The second-order valence-electron chi connectivity index (χ2n) is 4.53. The molecule has 19 heavy (non-hydrogen) atoms. The van der Waals surface area contributed by atoms with Gasteiger partial charge in [-0.2, -0.15) is 13.2 Å². The fourth-order valence-corrected chi connectivity index (χ4v) is 2.06. The van der Waals surface area contributed by atoms with Crippen molar-refractivity contribution in [3.8, 4) is 0 Å². The van der Waals surface area contributed by atoms with Crippen molar-refractivity contribution in [1.29, 1.82) is 0 Å². The Balaban J connectivity index is 2.34. The van der Waals surface area contributed by atoms with Crippen molar-refractivity contribution in [2.75, 3.05) is 0 Å². The van der Waals surface area contributed by atoms with E-state index >= 15 is 0 Å². The van der Waals surface area contributed by atoms with Gasteiger partial charge in [0.05, 0.1) is 0 Å². The molecule has 0 bridgehead atoms. The highest BCUT2D eigenvalue weighted by molar-refractivity contribution is 9.10. The van der Waals surface area contributed by atoms with Gasteiger partial charge in [-0.1, -0.05) is 15.9 Å². The van der Waals surface area contributed by atoms with E-state index in [0.29, 0.717) is 13.0 Å². The second kappa shape index (κ2) is 7.24. The summed E-state index contributed by atoms with van der Waals surface area (Å²) in [6.45, 7) is 2.25. The third-order valence-corrected chi connectivity index (χ3v) is 3.52. The number of hydrogen-bond acceptors (Lipinski definition) is 1. The molecule has 0 aliphatic heterocycles. The summed E-state index contributed by atoms with van der Waals surface area (Å²) in [4.78, 5) is 0. The molecule has 1 atom stereocenters. The van der Waals surface area contributed by atoms with Crippen molar-refractivity contribution in [2.45, 2.75) is 44.9 Å². The smallest absolute Gasteiger partial charge is 0.310 e. The Bertz CT molecular complexity index is 406. The van der Waals surface area contributed by atoms with Crippen LogP contribution in [0.3, 0.4) is 0 Å². The molecule has 1 nitrogen and oxygen atoms in total. The molecule has 1 N–H and O–H groups in total. The summed E-state index contributed by atoms with van der Waals surface area (Å²) in [5.41, 5.74) is 0.752. The van der Waals surface area contributed by atoms with Gasteiger partial charge in [0, 0.05) is 23.5 Å². The van der Waals surface area contributed by atoms with Gasteiger partial charge < -0.3 is 5.32 Å². The highest BCUT2D eigenvalue weighted by Crippen LogP contribution is 2.23. The van der Waals surface area contributed by atoms with Gasteiger partial charge >= 0.3 is 6.18 Å². The molecule has 0 radical (unpaired) electrons. The summed E-state index contributed by atoms with van der Waals surface area (Å²) in [6, 6.07) is 4.32. The minimum Gasteiger partial charge on any atom is -0.310 e. The van der Waals surface area contributed by atoms with E-state index < -0.39 is 12.6 Å². The average molecular weight is 342 g/mol. The molecular weight excluding hydrogens is 326 g/mol. The van der Waals surface area contributed by atoms with Crippen LogP contribution in [-0.4, -0.2) is 12.2 Å². The molecule has 1 unspecified atom stereocenters. The number of hydrogen-bond donors (Lipinski definition) is 1. The lowest BCUT2D eigenvalue weighted by Gasteiger charge is -2.15. The Kier molecular flexibility index (Phi) is 6.26. The SMILES string of the molecule is CC(CCCC(F)(F)F)NCc1cc(F)ccc1Br. The van der Waals surface area contributed by atoms with E-state index in [1.807, 2.05) is 6.92 Å². The quantitative estimate of drug-likeness (QED) is 0.733. The molecule has 0 spiro atoms. The van der Waals surface area contributed by atoms with Crippen molar-refractivity contribution >= 4 is 15.9 Å². The van der Waals surface area contributed by atoms with Gasteiger partial charge in [0.15, 0.2) is 0 Å². The number of halogens is 5. The summed E-state index contributed by atoms with van der Waals surface area (Å²) in [5, 5.41) is 3.09. The molecule has 0 aromatic heterocycles. The molecule has 108 valence electrons. The highest BCUT2D eigenvalue weighted by atomic mass is 79.9. The van der Waals surface area contributed by atoms with E-state index in [-0.39, 0.29) is 18.3 Å². The lowest BCUT2D eigenvalue weighted by atomic mass is 10.1. The van der Waals surface area contributed by atoms with E-state index in [1.165, 1.54) is 12.1 Å². The maximum absolute atomic E-state index is 13.0. The third kappa shape index (κ3) is 6.92. The van der Waals surface area contributed by atoms with Crippen LogP contribution < -0.4 is 5.32 Å². The van der Waals surface area contributed by atoms with Crippen molar-refractivity contribution in [3.63, 3.8) is 0 Å². The molecule has 0 heterocycles. The van der Waals surface area contributed by atoms with Crippen molar-refractivity contribution in [2.24, 2.45) is 0 Å². The van der Waals surface area contributed by atoms with E-state index in [0.717, 1.165) is 10.0 Å². The first kappa shape index (κ1) is 16.4. The monoisotopic (exact) mass is 341 g/mol. The predicted octanol–water partition coefficient (Wildman–Crippen LogP) is 4.80. The lowest BCUT2D eigenvalue weighted by Crippen LogP contribution is -2.26. The van der Waals surface area contributed by atoms with Crippen molar-refractivity contribution < 1.29 is 17.6 Å². The van der Waals surface area contributed by atoms with E-state index in [4.69, 9.17) is 0 Å².